The van der Waals surface area contributed by atoms with Crippen LogP contribution in [0.3, 0.4) is 0 Å². The predicted octanol–water partition coefficient (Wildman–Crippen LogP) is 1.60. The maximum Gasteiger partial charge on any atom is 0.236 e. The molecule has 0 bridgehead atoms. The number of hydrogen-bond acceptors (Lipinski definition) is 5. The second-order valence-electron chi connectivity index (χ2n) is 6.11. The van der Waals surface area contributed by atoms with Crippen LogP contribution in [0.1, 0.15) is 24.1 Å². The van der Waals surface area contributed by atoms with Gasteiger partial charge in [-0.3, -0.25) is 9.69 Å². The number of hydrogen-bond donors (Lipinski definition) is 0. The molecule has 0 N–H and O–H groups in total. The average molecular weight is 345 g/mol. The van der Waals surface area contributed by atoms with E-state index in [9.17, 15) is 13.2 Å². The minimum absolute atomic E-state index is 0.0232. The Labute approximate surface area is 136 Å². The molecule has 1 heterocycles. The molecule has 124 valence electrons. The van der Waals surface area contributed by atoms with Crippen LogP contribution < -0.4 is 0 Å². The zero-order valence-corrected chi connectivity index (χ0v) is 15.0. The highest BCUT2D eigenvalue weighted by atomic mass is 32.2. The van der Waals surface area contributed by atoms with E-state index in [1.807, 2.05) is 29.5 Å². The first kappa shape index (κ1) is 17.4. The minimum atomic E-state index is -3.06. The SMILES string of the molecule is CN(Cc1cccs1)C(=O)CN(C)[C@@H]1CCC[C@H]1S(C)(=O)=O. The van der Waals surface area contributed by atoms with Gasteiger partial charge in [-0.05, 0) is 31.3 Å². The summed E-state index contributed by atoms with van der Waals surface area (Å²) in [6.45, 7) is 0.864. The highest BCUT2D eigenvalue weighted by molar-refractivity contribution is 7.91. The van der Waals surface area contributed by atoms with Crippen molar-refractivity contribution in [3.63, 3.8) is 0 Å². The molecule has 1 aliphatic carbocycles. The number of thiophene rings is 1. The van der Waals surface area contributed by atoms with Crippen LogP contribution >= 0.6 is 11.3 Å². The van der Waals surface area contributed by atoms with Crippen molar-refractivity contribution in [1.29, 1.82) is 0 Å². The van der Waals surface area contributed by atoms with Gasteiger partial charge in [-0.25, -0.2) is 8.42 Å². The lowest BCUT2D eigenvalue weighted by Crippen LogP contribution is -2.46. The van der Waals surface area contributed by atoms with Crippen LogP contribution in [-0.2, 0) is 21.2 Å². The Morgan fingerprint density at radius 2 is 2.09 bits per heavy atom. The monoisotopic (exact) mass is 344 g/mol. The molecule has 1 saturated carbocycles. The Morgan fingerprint density at radius 3 is 2.68 bits per heavy atom. The molecule has 22 heavy (non-hydrogen) atoms. The maximum atomic E-state index is 12.3. The zero-order chi connectivity index (χ0) is 16.3. The van der Waals surface area contributed by atoms with Crippen molar-refractivity contribution >= 4 is 27.1 Å². The van der Waals surface area contributed by atoms with E-state index in [1.165, 1.54) is 6.26 Å². The summed E-state index contributed by atoms with van der Waals surface area (Å²) in [5, 5.41) is 1.66. The lowest BCUT2D eigenvalue weighted by molar-refractivity contribution is -0.131. The highest BCUT2D eigenvalue weighted by Crippen LogP contribution is 2.28. The third-order valence-corrected chi connectivity index (χ3v) is 6.83. The number of likely N-dealkylation sites (N-methyl/N-ethyl adjacent to an activating group) is 2. The summed E-state index contributed by atoms with van der Waals surface area (Å²) in [6, 6.07) is 3.93. The number of nitrogens with zero attached hydrogens (tertiary/aromatic N) is 2. The summed E-state index contributed by atoms with van der Waals surface area (Å²) >= 11 is 1.63. The first-order valence-corrected chi connectivity index (χ1v) is 10.3. The second-order valence-corrected chi connectivity index (χ2v) is 9.41. The van der Waals surface area contributed by atoms with E-state index in [-0.39, 0.29) is 23.7 Å². The van der Waals surface area contributed by atoms with Crippen molar-refractivity contribution in [2.75, 3.05) is 26.9 Å². The molecule has 1 aliphatic rings. The Bertz CT molecular complexity index is 598. The fraction of sp³-hybridized carbons (Fsp3) is 0.667. The van der Waals surface area contributed by atoms with Gasteiger partial charge in [0, 0.05) is 24.2 Å². The Balaban J connectivity index is 1.93. The van der Waals surface area contributed by atoms with Crippen LogP contribution in [-0.4, -0.2) is 62.3 Å². The normalized spacial score (nSPS) is 22.2. The van der Waals surface area contributed by atoms with Crippen molar-refractivity contribution < 1.29 is 13.2 Å². The number of rotatable bonds is 6. The molecule has 0 saturated heterocycles. The van der Waals surface area contributed by atoms with Crippen LogP contribution in [0.4, 0.5) is 0 Å². The van der Waals surface area contributed by atoms with Crippen LogP contribution in [0.5, 0.6) is 0 Å². The topological polar surface area (TPSA) is 57.7 Å². The molecule has 0 aliphatic heterocycles. The first-order valence-electron chi connectivity index (χ1n) is 7.44. The van der Waals surface area contributed by atoms with Gasteiger partial charge in [0.1, 0.15) is 0 Å². The van der Waals surface area contributed by atoms with Gasteiger partial charge in [-0.2, -0.15) is 0 Å². The third-order valence-electron chi connectivity index (χ3n) is 4.32. The van der Waals surface area contributed by atoms with E-state index < -0.39 is 9.84 Å². The molecule has 1 amide bonds. The number of carbonyl (C=O) groups excluding carboxylic acids is 1. The summed E-state index contributed by atoms with van der Waals surface area (Å²) in [5.74, 6) is 0.0232. The quantitative estimate of drug-likeness (QED) is 0.787. The van der Waals surface area contributed by atoms with E-state index >= 15 is 0 Å². The standard InChI is InChI=1S/C15H24N2O3S2/c1-16(13-7-4-8-14(13)22(3,19)20)11-15(18)17(2)10-12-6-5-9-21-12/h5-6,9,13-14H,4,7-8,10-11H2,1-3H3/t13-,14-/m1/s1. The molecule has 7 heteroatoms. The van der Waals surface area contributed by atoms with Gasteiger partial charge in [0.15, 0.2) is 9.84 Å². The lowest BCUT2D eigenvalue weighted by atomic mass is 10.2. The van der Waals surface area contributed by atoms with Crippen LogP contribution in [0, 0.1) is 0 Å². The molecular weight excluding hydrogens is 320 g/mol. The molecule has 5 nitrogen and oxygen atoms in total. The number of sulfone groups is 1. The van der Waals surface area contributed by atoms with Crippen molar-refractivity contribution in [1.82, 2.24) is 9.80 Å². The molecule has 0 spiro atoms. The Hall–Kier alpha value is -0.920. The molecule has 0 radical (unpaired) electrons. The van der Waals surface area contributed by atoms with E-state index in [2.05, 4.69) is 0 Å². The predicted molar refractivity (Wildman–Crippen MR) is 89.7 cm³/mol. The first-order chi connectivity index (χ1) is 10.3. The van der Waals surface area contributed by atoms with Gasteiger partial charge in [0.05, 0.1) is 18.3 Å². The molecule has 1 aromatic heterocycles. The van der Waals surface area contributed by atoms with Gasteiger partial charge >= 0.3 is 0 Å². The van der Waals surface area contributed by atoms with Gasteiger partial charge in [-0.1, -0.05) is 12.5 Å². The minimum Gasteiger partial charge on any atom is -0.340 e. The molecule has 1 aromatic rings. The van der Waals surface area contributed by atoms with Crippen LogP contribution in [0.2, 0.25) is 0 Å². The molecule has 2 atom stereocenters. The molecular formula is C15H24N2O3S2. The zero-order valence-electron chi connectivity index (χ0n) is 13.4. The highest BCUT2D eigenvalue weighted by Gasteiger charge is 2.37. The molecule has 0 aromatic carbocycles. The number of amides is 1. The summed E-state index contributed by atoms with van der Waals surface area (Å²) in [6.07, 6.45) is 3.75. The fourth-order valence-corrected chi connectivity index (χ4v) is 5.35. The summed E-state index contributed by atoms with van der Waals surface area (Å²) in [7, 11) is 0.584. The van der Waals surface area contributed by atoms with Gasteiger partial charge < -0.3 is 4.90 Å². The lowest BCUT2D eigenvalue weighted by Gasteiger charge is -2.29. The van der Waals surface area contributed by atoms with Crippen molar-refractivity contribution in [3.8, 4) is 0 Å². The fourth-order valence-electron chi connectivity index (χ4n) is 3.09. The Morgan fingerprint density at radius 1 is 1.36 bits per heavy atom. The summed E-state index contributed by atoms with van der Waals surface area (Å²) < 4.78 is 23.7. The van der Waals surface area contributed by atoms with E-state index in [0.717, 1.165) is 17.7 Å². The van der Waals surface area contributed by atoms with Crippen molar-refractivity contribution in [2.45, 2.75) is 37.1 Å². The van der Waals surface area contributed by atoms with Crippen molar-refractivity contribution in [2.24, 2.45) is 0 Å². The smallest absolute Gasteiger partial charge is 0.236 e. The van der Waals surface area contributed by atoms with E-state index in [1.54, 1.807) is 23.3 Å². The average Bonchev–Trinajstić information content (AvgIpc) is 3.08. The van der Waals surface area contributed by atoms with Gasteiger partial charge in [-0.15, -0.1) is 11.3 Å². The van der Waals surface area contributed by atoms with E-state index in [0.29, 0.717) is 13.0 Å². The maximum absolute atomic E-state index is 12.3. The van der Waals surface area contributed by atoms with Crippen molar-refractivity contribution in [3.05, 3.63) is 22.4 Å². The number of carbonyl (C=O) groups is 1. The molecule has 1 fully saturated rings. The van der Waals surface area contributed by atoms with Gasteiger partial charge in [0.2, 0.25) is 5.91 Å². The van der Waals surface area contributed by atoms with E-state index in [4.69, 9.17) is 0 Å². The van der Waals surface area contributed by atoms with Crippen LogP contribution in [0.15, 0.2) is 17.5 Å². The largest absolute Gasteiger partial charge is 0.340 e. The Kier molecular flexibility index (Phi) is 5.63. The summed E-state index contributed by atoms with van der Waals surface area (Å²) in [4.78, 5) is 17.1. The van der Waals surface area contributed by atoms with Gasteiger partial charge in [0.25, 0.3) is 0 Å². The summed E-state index contributed by atoms with van der Waals surface area (Å²) in [5.41, 5.74) is 0. The van der Waals surface area contributed by atoms with Crippen LogP contribution in [0.25, 0.3) is 0 Å². The second kappa shape index (κ2) is 7.10. The molecule has 2 rings (SSSR count). The third kappa shape index (κ3) is 4.30. The molecule has 0 unspecified atom stereocenters.